The monoisotopic (exact) mass is 229 g/mol. The maximum absolute atomic E-state index is 4.91. The lowest BCUT2D eigenvalue weighted by atomic mass is 10.4. The average molecular weight is 229 g/mol. The van der Waals surface area contributed by atoms with Crippen molar-refractivity contribution >= 4 is 0 Å². The van der Waals surface area contributed by atoms with Crippen LogP contribution in [0.25, 0.3) is 0 Å². The Kier molecular flexibility index (Phi) is 119. The van der Waals surface area contributed by atoms with Crippen LogP contribution in [0, 0.1) is 0 Å². The van der Waals surface area contributed by atoms with Crippen LogP contribution in [-0.4, -0.2) is 6.54 Å². The van der Waals surface area contributed by atoms with Crippen molar-refractivity contribution in [1.82, 2.24) is 0 Å². The summed E-state index contributed by atoms with van der Waals surface area (Å²) >= 11 is 0. The number of allylic oxidation sites excluding steroid dienone is 2. The molecule has 0 spiro atoms. The molecule has 0 aromatic carbocycles. The Hall–Kier alpha value is -0.820. The van der Waals surface area contributed by atoms with Gasteiger partial charge in [-0.2, -0.15) is 0 Å². The van der Waals surface area contributed by atoms with Gasteiger partial charge in [-0.05, 0) is 20.8 Å². The van der Waals surface area contributed by atoms with Crippen molar-refractivity contribution in [2.45, 2.75) is 54.9 Å². The van der Waals surface area contributed by atoms with E-state index >= 15 is 0 Å². The highest BCUT2D eigenvalue weighted by Gasteiger charge is 1.51. The Morgan fingerprint density at radius 3 is 1.19 bits per heavy atom. The fourth-order valence-corrected chi connectivity index (χ4v) is 0. The molecule has 0 fully saturated rings. The lowest BCUT2D eigenvalue weighted by Gasteiger charge is -1.65. The molecule has 0 rings (SSSR count). The molecule has 0 aromatic rings. The molecule has 0 aliphatic carbocycles. The first kappa shape index (κ1) is 29.5. The molecule has 100 valence electrons. The quantitative estimate of drug-likeness (QED) is 0.603. The van der Waals surface area contributed by atoms with E-state index in [4.69, 9.17) is 5.73 Å². The minimum Gasteiger partial charge on any atom is -0.327 e. The van der Waals surface area contributed by atoms with Gasteiger partial charge in [-0.1, -0.05) is 51.8 Å². The van der Waals surface area contributed by atoms with E-state index in [-0.39, 0.29) is 0 Å². The third-order valence-corrected chi connectivity index (χ3v) is 0.167. The Morgan fingerprint density at radius 1 is 1.12 bits per heavy atom. The van der Waals surface area contributed by atoms with Gasteiger partial charge < -0.3 is 5.73 Å². The molecule has 0 aromatic heterocycles. The van der Waals surface area contributed by atoms with E-state index in [0.29, 0.717) is 6.54 Å². The van der Waals surface area contributed by atoms with Gasteiger partial charge in [0.2, 0.25) is 0 Å². The molecule has 0 amide bonds. The number of hydrogen-bond acceptors (Lipinski definition) is 1. The molecule has 1 nitrogen and oxygen atoms in total. The molecule has 0 heterocycles. The summed E-state index contributed by atoms with van der Waals surface area (Å²) in [6.07, 6.45) is 4.65. The number of rotatable bonds is 1. The smallest absolute Gasteiger partial charge is 0.0104 e. The van der Waals surface area contributed by atoms with Gasteiger partial charge >= 0.3 is 0 Å². The first-order valence-corrected chi connectivity index (χ1v) is 5.98. The van der Waals surface area contributed by atoms with Crippen molar-refractivity contribution in [2.24, 2.45) is 5.73 Å². The summed E-state index contributed by atoms with van der Waals surface area (Å²) in [6.45, 7) is 24.9. The van der Waals surface area contributed by atoms with E-state index in [9.17, 15) is 0 Å². The molecule has 0 saturated carbocycles. The predicted octanol–water partition coefficient (Wildman–Crippen LogP) is 5.35. The zero-order chi connectivity index (χ0) is 14.4. The Bertz CT molecular complexity index is 100. The highest BCUT2D eigenvalue weighted by atomic mass is 14.5. The first-order valence-electron chi connectivity index (χ1n) is 5.98. The van der Waals surface area contributed by atoms with Gasteiger partial charge in [0.05, 0.1) is 0 Å². The van der Waals surface area contributed by atoms with E-state index in [1.807, 2.05) is 34.6 Å². The van der Waals surface area contributed by atoms with E-state index < -0.39 is 0 Å². The minimum atomic E-state index is 0.583. The molecular formula is C15H35N. The molecular weight excluding hydrogens is 194 g/mol. The lowest BCUT2D eigenvalue weighted by Crippen LogP contribution is -1.90. The SMILES string of the molecule is C=C(C)C.C=CC.C=CCN.CC.CCC. The zero-order valence-electron chi connectivity index (χ0n) is 12.8. The van der Waals surface area contributed by atoms with Crippen molar-refractivity contribution in [3.63, 3.8) is 0 Å². The molecule has 0 saturated heterocycles. The second-order valence-electron chi connectivity index (χ2n) is 2.85. The maximum Gasteiger partial charge on any atom is 0.0104 e. The summed E-state index contributed by atoms with van der Waals surface area (Å²) in [4.78, 5) is 0. The van der Waals surface area contributed by atoms with Gasteiger partial charge in [0.15, 0.2) is 0 Å². The van der Waals surface area contributed by atoms with Crippen LogP contribution < -0.4 is 5.73 Å². The predicted molar refractivity (Wildman–Crippen MR) is 82.9 cm³/mol. The van der Waals surface area contributed by atoms with Crippen molar-refractivity contribution in [3.8, 4) is 0 Å². The van der Waals surface area contributed by atoms with Crippen molar-refractivity contribution in [3.05, 3.63) is 37.5 Å². The lowest BCUT2D eigenvalue weighted by molar-refractivity contribution is 1.09. The Labute approximate surface area is 105 Å². The second kappa shape index (κ2) is 64.5. The van der Waals surface area contributed by atoms with Crippen LogP contribution in [0.15, 0.2) is 37.5 Å². The molecule has 0 unspecified atom stereocenters. The molecule has 0 aliphatic rings. The summed E-state index contributed by atoms with van der Waals surface area (Å²) in [7, 11) is 0. The largest absolute Gasteiger partial charge is 0.327 e. The van der Waals surface area contributed by atoms with E-state index in [0.717, 1.165) is 0 Å². The van der Waals surface area contributed by atoms with Crippen LogP contribution in [0.5, 0.6) is 0 Å². The van der Waals surface area contributed by atoms with E-state index in [1.165, 1.54) is 12.0 Å². The van der Waals surface area contributed by atoms with Crippen molar-refractivity contribution in [2.75, 3.05) is 6.54 Å². The van der Waals surface area contributed by atoms with Crippen LogP contribution in [0.1, 0.15) is 54.9 Å². The van der Waals surface area contributed by atoms with Gasteiger partial charge in [0, 0.05) is 6.54 Å². The molecule has 0 atom stereocenters. The fourth-order valence-electron chi connectivity index (χ4n) is 0. The summed E-state index contributed by atoms with van der Waals surface area (Å²) in [6, 6.07) is 0. The highest BCUT2D eigenvalue weighted by Crippen LogP contribution is 1.73. The summed E-state index contributed by atoms with van der Waals surface area (Å²) < 4.78 is 0. The minimum absolute atomic E-state index is 0.583. The third-order valence-electron chi connectivity index (χ3n) is 0.167. The van der Waals surface area contributed by atoms with E-state index in [2.05, 4.69) is 33.6 Å². The Morgan fingerprint density at radius 2 is 1.19 bits per heavy atom. The average Bonchev–Trinajstić information content (AvgIpc) is 2.22. The summed E-state index contributed by atoms with van der Waals surface area (Å²) in [5.74, 6) is 0. The second-order valence-corrected chi connectivity index (χ2v) is 2.85. The standard InChI is InChI=1S/C4H8.C3H7N.C3H8.C3H6.C2H6/c1-4(2)3;1-2-3-4;2*1-3-2;1-2/h1H2,2-3H3;2H,1,3-4H2;3H2,1-2H3;3H,1H2,2H3;1-2H3. The third kappa shape index (κ3) is 60300. The number of hydrogen-bond donors (Lipinski definition) is 1. The van der Waals surface area contributed by atoms with Crippen molar-refractivity contribution in [1.29, 1.82) is 0 Å². The molecule has 0 bridgehead atoms. The van der Waals surface area contributed by atoms with Crippen molar-refractivity contribution < 1.29 is 0 Å². The molecule has 0 radical (unpaired) electrons. The van der Waals surface area contributed by atoms with Crippen LogP contribution in [0.2, 0.25) is 0 Å². The Balaban J connectivity index is -0.0000000322. The van der Waals surface area contributed by atoms with Crippen LogP contribution in [0.3, 0.4) is 0 Å². The van der Waals surface area contributed by atoms with Gasteiger partial charge in [-0.3, -0.25) is 0 Å². The van der Waals surface area contributed by atoms with Gasteiger partial charge in [-0.25, -0.2) is 0 Å². The van der Waals surface area contributed by atoms with Gasteiger partial charge in [-0.15, -0.1) is 19.7 Å². The summed E-state index contributed by atoms with van der Waals surface area (Å²) in [5, 5.41) is 0. The fraction of sp³-hybridized carbons (Fsp3) is 0.600. The molecule has 0 aliphatic heterocycles. The van der Waals surface area contributed by atoms with Crippen LogP contribution in [-0.2, 0) is 0 Å². The molecule has 1 heteroatoms. The highest BCUT2D eigenvalue weighted by molar-refractivity contribution is 4.78. The molecule has 16 heavy (non-hydrogen) atoms. The first-order chi connectivity index (χ1) is 7.47. The van der Waals surface area contributed by atoms with E-state index in [1.54, 1.807) is 12.2 Å². The topological polar surface area (TPSA) is 26.0 Å². The number of nitrogens with two attached hydrogens (primary N) is 1. The normalized spacial score (nSPS) is 5.50. The maximum atomic E-state index is 4.91. The van der Waals surface area contributed by atoms with Gasteiger partial charge in [0.25, 0.3) is 0 Å². The van der Waals surface area contributed by atoms with Crippen LogP contribution in [0.4, 0.5) is 0 Å². The van der Waals surface area contributed by atoms with Gasteiger partial charge in [0.1, 0.15) is 0 Å². The molecule has 2 N–H and O–H groups in total. The van der Waals surface area contributed by atoms with Crippen LogP contribution >= 0.6 is 0 Å². The zero-order valence-corrected chi connectivity index (χ0v) is 12.8. The summed E-state index contributed by atoms with van der Waals surface area (Å²) in [5.41, 5.74) is 6.08.